The van der Waals surface area contributed by atoms with Crippen molar-refractivity contribution in [2.24, 2.45) is 0 Å². The molecule has 2 amide bonds. The average molecular weight is 345 g/mol. The summed E-state index contributed by atoms with van der Waals surface area (Å²) in [6.45, 7) is 5.68. The normalized spacial score (nSPS) is 17.4. The molecule has 1 aliphatic rings. The second-order valence-electron chi connectivity index (χ2n) is 6.48. The van der Waals surface area contributed by atoms with Gasteiger partial charge in [-0.15, -0.1) is 0 Å². The second-order valence-corrected chi connectivity index (χ2v) is 6.48. The van der Waals surface area contributed by atoms with Crippen LogP contribution >= 0.6 is 0 Å². The lowest BCUT2D eigenvalue weighted by molar-refractivity contribution is 0.234. The maximum Gasteiger partial charge on any atom is 0.315 e. The Morgan fingerprint density at radius 1 is 1.40 bits per heavy atom. The fourth-order valence-electron chi connectivity index (χ4n) is 3.26. The van der Waals surface area contributed by atoms with Crippen molar-refractivity contribution in [2.45, 2.75) is 39.3 Å². The minimum Gasteiger partial charge on any atom is -0.367 e. The van der Waals surface area contributed by atoms with Gasteiger partial charge in [0.25, 0.3) is 0 Å². The first kappa shape index (κ1) is 17.3. The first-order valence-corrected chi connectivity index (χ1v) is 8.59. The van der Waals surface area contributed by atoms with Gasteiger partial charge >= 0.3 is 6.03 Å². The highest BCUT2D eigenvalue weighted by Gasteiger charge is 2.23. The molecule has 0 spiro atoms. The summed E-state index contributed by atoms with van der Waals surface area (Å²) in [4.78, 5) is 14.2. The van der Waals surface area contributed by atoms with E-state index >= 15 is 0 Å². The highest BCUT2D eigenvalue weighted by molar-refractivity contribution is 5.74. The molecule has 134 valence electrons. The van der Waals surface area contributed by atoms with E-state index in [1.165, 1.54) is 6.07 Å². The molecule has 0 radical (unpaired) electrons. The Morgan fingerprint density at radius 3 is 2.92 bits per heavy atom. The van der Waals surface area contributed by atoms with E-state index in [0.717, 1.165) is 36.3 Å². The summed E-state index contributed by atoms with van der Waals surface area (Å²) < 4.78 is 14.0. The first-order valence-electron chi connectivity index (χ1n) is 8.59. The van der Waals surface area contributed by atoms with E-state index in [2.05, 4.69) is 20.8 Å². The molecule has 1 fully saturated rings. The van der Waals surface area contributed by atoms with Gasteiger partial charge in [0.15, 0.2) is 0 Å². The third-order valence-electron chi connectivity index (χ3n) is 4.66. The highest BCUT2D eigenvalue weighted by atomic mass is 19.1. The molecule has 0 unspecified atom stereocenters. The van der Waals surface area contributed by atoms with Crippen LogP contribution in [0.2, 0.25) is 0 Å². The molecule has 0 bridgehead atoms. The van der Waals surface area contributed by atoms with Gasteiger partial charge in [0, 0.05) is 36.9 Å². The molecule has 2 heterocycles. The van der Waals surface area contributed by atoms with Crippen molar-refractivity contribution in [1.82, 2.24) is 20.8 Å². The third kappa shape index (κ3) is 4.10. The minimum atomic E-state index is -0.224. The molecule has 1 aromatic heterocycles. The average Bonchev–Trinajstić information content (AvgIpc) is 2.92. The highest BCUT2D eigenvalue weighted by Crippen LogP contribution is 2.22. The van der Waals surface area contributed by atoms with Crippen LogP contribution in [0.5, 0.6) is 0 Å². The summed E-state index contributed by atoms with van der Waals surface area (Å²) >= 11 is 0. The van der Waals surface area contributed by atoms with Crippen molar-refractivity contribution in [3.63, 3.8) is 0 Å². The van der Waals surface area contributed by atoms with E-state index in [4.69, 9.17) is 0 Å². The summed E-state index contributed by atoms with van der Waals surface area (Å²) in [6, 6.07) is 6.56. The monoisotopic (exact) mass is 345 g/mol. The lowest BCUT2D eigenvalue weighted by Crippen LogP contribution is -2.50. The number of rotatable bonds is 4. The van der Waals surface area contributed by atoms with E-state index in [-0.39, 0.29) is 17.9 Å². The smallest absolute Gasteiger partial charge is 0.315 e. The Hall–Kier alpha value is -2.57. The van der Waals surface area contributed by atoms with Gasteiger partial charge in [-0.25, -0.2) is 9.18 Å². The number of para-hydroxylation sites is 1. The van der Waals surface area contributed by atoms with E-state index in [1.54, 1.807) is 12.1 Å². The van der Waals surface area contributed by atoms with Gasteiger partial charge in [-0.2, -0.15) is 5.10 Å². The molecule has 6 nitrogen and oxygen atoms in total. The molecule has 1 aromatic carbocycles. The van der Waals surface area contributed by atoms with Crippen LogP contribution in [0.3, 0.4) is 0 Å². The maximum atomic E-state index is 14.0. The zero-order valence-corrected chi connectivity index (χ0v) is 14.6. The van der Waals surface area contributed by atoms with Crippen molar-refractivity contribution >= 4 is 11.7 Å². The third-order valence-corrected chi connectivity index (χ3v) is 4.66. The molecule has 7 heteroatoms. The number of nitrogens with one attached hydrogen (secondary N) is 3. The van der Waals surface area contributed by atoms with Gasteiger partial charge in [-0.05, 0) is 38.8 Å². The van der Waals surface area contributed by atoms with Crippen LogP contribution in [0.4, 0.5) is 14.9 Å². The second kappa shape index (κ2) is 7.55. The van der Waals surface area contributed by atoms with Crippen LogP contribution in [0.15, 0.2) is 24.3 Å². The largest absolute Gasteiger partial charge is 0.367 e. The zero-order chi connectivity index (χ0) is 17.8. The molecular weight excluding hydrogens is 321 g/mol. The number of carbonyl (C=O) groups is 1. The number of anilines is 1. The molecule has 25 heavy (non-hydrogen) atoms. The number of amides is 2. The Kier molecular flexibility index (Phi) is 5.21. The number of piperidine rings is 1. The fraction of sp³-hybridized carbons (Fsp3) is 0.444. The number of hydrogen-bond donors (Lipinski definition) is 3. The Labute approximate surface area is 146 Å². The predicted octanol–water partition coefficient (Wildman–Crippen LogP) is 2.63. The van der Waals surface area contributed by atoms with Gasteiger partial charge in [0.05, 0.1) is 11.4 Å². The minimum absolute atomic E-state index is 0.0000928. The molecule has 3 rings (SSSR count). The van der Waals surface area contributed by atoms with E-state index in [0.29, 0.717) is 18.8 Å². The number of aromatic amines is 1. The Morgan fingerprint density at radius 2 is 2.20 bits per heavy atom. The number of urea groups is 1. The van der Waals surface area contributed by atoms with Gasteiger partial charge in [-0.3, -0.25) is 5.10 Å². The molecule has 0 aliphatic carbocycles. The summed E-state index contributed by atoms with van der Waals surface area (Å²) in [5.41, 5.74) is 3.45. The Balaban J connectivity index is 1.54. The van der Waals surface area contributed by atoms with Gasteiger partial charge in [0.2, 0.25) is 0 Å². The number of hydrogen-bond acceptors (Lipinski definition) is 3. The topological polar surface area (TPSA) is 73.0 Å². The van der Waals surface area contributed by atoms with Crippen molar-refractivity contribution in [1.29, 1.82) is 0 Å². The summed E-state index contributed by atoms with van der Waals surface area (Å²) in [5, 5.41) is 12.9. The molecule has 0 saturated carbocycles. The molecule has 1 saturated heterocycles. The molecular formula is C18H24FN5O. The lowest BCUT2D eigenvalue weighted by Gasteiger charge is -2.34. The number of H-pyrrole nitrogens is 1. The number of halogens is 1. The number of nitrogens with zero attached hydrogens (tertiary/aromatic N) is 2. The lowest BCUT2D eigenvalue weighted by atomic mass is 10.0. The van der Waals surface area contributed by atoms with Crippen LogP contribution in [0, 0.1) is 19.7 Å². The van der Waals surface area contributed by atoms with Crippen LogP contribution in [-0.2, 0) is 6.54 Å². The van der Waals surface area contributed by atoms with E-state index in [1.807, 2.05) is 24.8 Å². The van der Waals surface area contributed by atoms with Gasteiger partial charge < -0.3 is 15.5 Å². The van der Waals surface area contributed by atoms with Crippen LogP contribution in [0.1, 0.15) is 29.8 Å². The number of aromatic nitrogens is 2. The molecule has 1 aliphatic heterocycles. The van der Waals surface area contributed by atoms with Gasteiger partial charge in [-0.1, -0.05) is 12.1 Å². The fourth-order valence-corrected chi connectivity index (χ4v) is 3.26. The maximum absolute atomic E-state index is 14.0. The van der Waals surface area contributed by atoms with E-state index < -0.39 is 0 Å². The Bertz CT molecular complexity index is 725. The first-order chi connectivity index (χ1) is 12.0. The predicted molar refractivity (Wildman–Crippen MR) is 95.1 cm³/mol. The number of carbonyl (C=O) groups excluding carboxylic acids is 1. The van der Waals surface area contributed by atoms with Crippen molar-refractivity contribution in [2.75, 3.05) is 18.0 Å². The quantitative estimate of drug-likeness (QED) is 0.798. The molecule has 1 atom stereocenters. The number of aryl methyl sites for hydroxylation is 2. The van der Waals surface area contributed by atoms with Crippen LogP contribution in [0.25, 0.3) is 0 Å². The number of benzene rings is 1. The summed E-state index contributed by atoms with van der Waals surface area (Å²) in [7, 11) is 0. The summed E-state index contributed by atoms with van der Waals surface area (Å²) in [6.07, 6.45) is 1.81. The van der Waals surface area contributed by atoms with Crippen molar-refractivity contribution < 1.29 is 9.18 Å². The van der Waals surface area contributed by atoms with Crippen LogP contribution < -0.4 is 15.5 Å². The zero-order valence-electron chi connectivity index (χ0n) is 14.6. The van der Waals surface area contributed by atoms with Gasteiger partial charge in [0.1, 0.15) is 5.82 Å². The molecule has 2 aromatic rings. The van der Waals surface area contributed by atoms with E-state index in [9.17, 15) is 9.18 Å². The SMILES string of the molecule is Cc1n[nH]c(C)c1CNC(=O)N[C@H]1CCCN(c2ccccc2F)C1. The summed E-state index contributed by atoms with van der Waals surface area (Å²) in [5.74, 6) is -0.224. The van der Waals surface area contributed by atoms with Crippen molar-refractivity contribution in [3.05, 3.63) is 47.0 Å². The van der Waals surface area contributed by atoms with Crippen molar-refractivity contribution in [3.8, 4) is 0 Å². The molecule has 3 N–H and O–H groups in total. The van der Waals surface area contributed by atoms with Crippen LogP contribution in [-0.4, -0.2) is 35.4 Å². The standard InChI is InChI=1S/C18H24FN5O/c1-12-15(13(2)23-22-12)10-20-18(25)21-14-6-5-9-24(11-14)17-8-4-3-7-16(17)19/h3-4,7-8,14H,5-6,9-11H2,1-2H3,(H,22,23)(H2,20,21,25)/t14-/m0/s1.